The summed E-state index contributed by atoms with van der Waals surface area (Å²) in [6.45, 7) is 18.3. The minimum atomic E-state index is -0.0988. The van der Waals surface area contributed by atoms with Gasteiger partial charge in [-0.2, -0.15) is 0 Å². The van der Waals surface area contributed by atoms with E-state index in [1.54, 1.807) is 21.2 Å². The molecule has 0 saturated heterocycles. The van der Waals surface area contributed by atoms with E-state index in [4.69, 9.17) is 0 Å². The Kier molecular flexibility index (Phi) is 9.42. The van der Waals surface area contributed by atoms with E-state index in [-0.39, 0.29) is 31.9 Å². The molecule has 0 atom stereocenters. The topological polar surface area (TPSA) is 0 Å². The summed E-state index contributed by atoms with van der Waals surface area (Å²) in [5.41, 5.74) is 6.09. The summed E-state index contributed by atoms with van der Waals surface area (Å²) in [6.07, 6.45) is 0. The minimum absolute atomic E-state index is 0. The van der Waals surface area contributed by atoms with Gasteiger partial charge in [0.25, 0.3) is 0 Å². The summed E-state index contributed by atoms with van der Waals surface area (Å²) in [5, 5.41) is 6.45. The zero-order chi connectivity index (χ0) is 22.0. The Labute approximate surface area is 202 Å². The summed E-state index contributed by atoms with van der Waals surface area (Å²) < 4.78 is 0. The maximum absolute atomic E-state index is 2.34. The predicted octanol–water partition coefficient (Wildman–Crippen LogP) is 8.49. The summed E-state index contributed by atoms with van der Waals surface area (Å²) in [7, 11) is -0.198. The summed E-state index contributed by atoms with van der Waals surface area (Å²) in [6, 6.07) is 14.2. The van der Waals surface area contributed by atoms with Gasteiger partial charge in [0.1, 0.15) is 0 Å². The van der Waals surface area contributed by atoms with Gasteiger partial charge in [-0.3, -0.25) is 23.8 Å². The van der Waals surface area contributed by atoms with Gasteiger partial charge in [-0.25, -0.2) is 0 Å². The molecule has 0 bridgehead atoms. The van der Waals surface area contributed by atoms with Gasteiger partial charge >= 0.3 is 17.1 Å². The van der Waals surface area contributed by atoms with E-state index in [0.717, 1.165) is 0 Å². The molecule has 4 heterocycles. The molecule has 0 aliphatic heterocycles. The molecule has 4 rings (SSSR count). The molecule has 0 radical (unpaired) electrons. The van der Waals surface area contributed by atoms with Gasteiger partial charge in [0, 0.05) is 0 Å². The molecule has 0 aromatic carbocycles. The van der Waals surface area contributed by atoms with Crippen molar-refractivity contribution in [2.75, 3.05) is 0 Å². The third-order valence-corrected chi connectivity index (χ3v) is 13.1. The Balaban J connectivity index is 0.000000213. The molecular formula is C26H34B2FeP2. The zero-order valence-electron chi connectivity index (χ0n) is 20.2. The van der Waals surface area contributed by atoms with Crippen LogP contribution >= 0.6 is 14.8 Å². The molecule has 162 valence electrons. The van der Waals surface area contributed by atoms with Gasteiger partial charge in [0.15, 0.2) is 0 Å². The van der Waals surface area contributed by atoms with Crippen molar-refractivity contribution in [2.24, 2.45) is 0 Å². The van der Waals surface area contributed by atoms with Crippen molar-refractivity contribution in [1.82, 2.24) is 0 Å². The van der Waals surface area contributed by atoms with E-state index in [2.05, 4.69) is 116 Å². The van der Waals surface area contributed by atoms with E-state index in [1.807, 2.05) is 0 Å². The Morgan fingerprint density at radius 3 is 0.871 bits per heavy atom. The second-order valence-electron chi connectivity index (χ2n) is 8.49. The van der Waals surface area contributed by atoms with Crippen LogP contribution in [0.5, 0.6) is 0 Å². The van der Waals surface area contributed by atoms with Crippen LogP contribution in [0, 0.1) is 55.4 Å². The maximum Gasteiger partial charge on any atom is 2.00 e. The molecule has 0 unspecified atom stereocenters. The average Bonchev–Trinajstić information content (AvgIpc) is 3.08. The van der Waals surface area contributed by atoms with Crippen LogP contribution in [0.4, 0.5) is 0 Å². The van der Waals surface area contributed by atoms with Crippen molar-refractivity contribution in [2.45, 2.75) is 55.4 Å². The fourth-order valence-corrected chi connectivity index (χ4v) is 10.5. The first-order valence-corrected chi connectivity index (χ1v) is 13.7. The van der Waals surface area contributed by atoms with Crippen molar-refractivity contribution in [3.63, 3.8) is 0 Å². The van der Waals surface area contributed by atoms with Crippen LogP contribution in [0.3, 0.4) is 0 Å². The van der Waals surface area contributed by atoms with E-state index < -0.39 is 0 Å². The SMILES string of the molecule is Cc1c(C)c(C)p(-[b-]2ccccc2)c1C.Cc1c(C)c(C)p(-[b-]2ccccc2)c1C.[Fe+2]. The van der Waals surface area contributed by atoms with Crippen molar-refractivity contribution in [1.29, 1.82) is 0 Å². The van der Waals surface area contributed by atoms with Crippen LogP contribution in [0.25, 0.3) is 0 Å². The van der Waals surface area contributed by atoms with E-state index in [0.29, 0.717) is 12.1 Å². The molecule has 5 heteroatoms. The van der Waals surface area contributed by atoms with Gasteiger partial charge < -0.3 is 14.8 Å². The van der Waals surface area contributed by atoms with E-state index in [1.165, 1.54) is 22.3 Å². The number of hydrogen-bond acceptors (Lipinski definition) is 0. The number of rotatable bonds is 2. The zero-order valence-corrected chi connectivity index (χ0v) is 23.1. The van der Waals surface area contributed by atoms with Gasteiger partial charge in [-0.15, -0.1) is 24.3 Å². The third kappa shape index (κ3) is 5.29. The molecule has 0 aliphatic carbocycles. The molecule has 0 amide bonds. The van der Waals surface area contributed by atoms with Crippen LogP contribution in [-0.2, 0) is 17.1 Å². The van der Waals surface area contributed by atoms with E-state index in [9.17, 15) is 0 Å². The molecule has 0 nitrogen and oxygen atoms in total. The summed E-state index contributed by atoms with van der Waals surface area (Å²) in [5.74, 6) is 9.35. The Morgan fingerprint density at radius 1 is 0.419 bits per heavy atom. The Morgan fingerprint density at radius 2 is 0.645 bits per heavy atom. The monoisotopic (exact) mass is 486 g/mol. The van der Waals surface area contributed by atoms with Crippen molar-refractivity contribution < 1.29 is 17.1 Å². The van der Waals surface area contributed by atoms with Gasteiger partial charge in [0.05, 0.1) is 0 Å². The summed E-state index contributed by atoms with van der Waals surface area (Å²) in [4.78, 5) is 0. The Hall–Kier alpha value is -1.09. The van der Waals surface area contributed by atoms with Crippen LogP contribution in [-0.4, -0.2) is 12.1 Å². The predicted molar refractivity (Wildman–Crippen MR) is 143 cm³/mol. The fraction of sp³-hybridized carbons (Fsp3) is 0.308. The standard InChI is InChI=1S/2C13H17BP.Fe/c2*1-10-11(2)13(4)15(12(10)3)14-8-6-5-7-9-14;/h2*5-9H,1-4H3;/q2*-1;+2. The maximum atomic E-state index is 2.34. The molecule has 0 N–H and O–H groups in total. The van der Waals surface area contributed by atoms with Crippen LogP contribution in [0.2, 0.25) is 0 Å². The molecule has 0 spiro atoms. The van der Waals surface area contributed by atoms with Gasteiger partial charge in [0.2, 0.25) is 0 Å². The van der Waals surface area contributed by atoms with Crippen molar-refractivity contribution in [3.8, 4) is 0 Å². The van der Waals surface area contributed by atoms with Crippen molar-refractivity contribution in [3.05, 3.63) is 104 Å². The fourth-order valence-electron chi connectivity index (χ4n) is 4.52. The third-order valence-electron chi connectivity index (χ3n) is 7.02. The second kappa shape index (κ2) is 11.2. The van der Waals surface area contributed by atoms with Crippen LogP contribution < -0.4 is 0 Å². The normalized spacial score (nSPS) is 10.3. The molecule has 31 heavy (non-hydrogen) atoms. The first-order valence-electron chi connectivity index (χ1n) is 10.9. The van der Waals surface area contributed by atoms with Crippen molar-refractivity contribution >= 4 is 27.0 Å². The quantitative estimate of drug-likeness (QED) is 0.250. The molecule has 0 saturated carbocycles. The molecule has 4 aromatic heterocycles. The molecular weight excluding hydrogens is 452 g/mol. The largest absolute Gasteiger partial charge is 2.00 e. The minimum Gasteiger partial charge on any atom is -0.306 e. The average molecular weight is 486 g/mol. The van der Waals surface area contributed by atoms with Gasteiger partial charge in [-0.1, -0.05) is 45.4 Å². The first kappa shape index (κ1) is 26.2. The van der Waals surface area contributed by atoms with Crippen LogP contribution in [0.15, 0.2) is 60.2 Å². The first-order chi connectivity index (χ1) is 14.3. The van der Waals surface area contributed by atoms with Gasteiger partial charge in [-0.05, 0) is 77.6 Å². The Bertz CT molecular complexity index is 1020. The van der Waals surface area contributed by atoms with E-state index >= 15 is 0 Å². The number of hydrogen-bond donors (Lipinski definition) is 0. The molecule has 0 fully saturated rings. The summed E-state index contributed by atoms with van der Waals surface area (Å²) >= 11 is 0. The second-order valence-corrected chi connectivity index (χ2v) is 13.8. The van der Waals surface area contributed by atoms with Crippen LogP contribution in [0.1, 0.15) is 43.4 Å². The molecule has 4 aromatic rings. The smallest absolute Gasteiger partial charge is 0.306 e. The molecule has 0 aliphatic rings.